The summed E-state index contributed by atoms with van der Waals surface area (Å²) in [7, 11) is 2.85. The van der Waals surface area contributed by atoms with Crippen molar-refractivity contribution in [1.29, 1.82) is 0 Å². The molecule has 0 bridgehead atoms. The first-order chi connectivity index (χ1) is 7.61. The average Bonchev–Trinajstić information content (AvgIpc) is 2.28. The van der Waals surface area contributed by atoms with Crippen molar-refractivity contribution >= 4 is 11.9 Å². The fourth-order valence-corrected chi connectivity index (χ4v) is 0.834. The number of ether oxygens (including phenoxy) is 2. The van der Waals surface area contributed by atoms with Gasteiger partial charge in [-0.3, -0.25) is 4.79 Å². The molecular weight excluding hydrogens is 212 g/mol. The van der Waals surface area contributed by atoms with Gasteiger partial charge in [-0.2, -0.15) is 0 Å². The summed E-state index contributed by atoms with van der Waals surface area (Å²) in [5.74, 6) is -0.633. The lowest BCUT2D eigenvalue weighted by molar-refractivity contribution is -0.135. The van der Waals surface area contributed by atoms with Crippen LogP contribution in [0.25, 0.3) is 0 Å². The second-order valence-electron chi connectivity index (χ2n) is 3.03. The highest BCUT2D eigenvalue weighted by molar-refractivity contribution is 5.83. The van der Waals surface area contributed by atoms with Crippen molar-refractivity contribution in [3.05, 3.63) is 12.3 Å². The van der Waals surface area contributed by atoms with Crippen LogP contribution in [0.3, 0.4) is 0 Å². The zero-order valence-electron chi connectivity index (χ0n) is 9.78. The minimum atomic E-state index is -0.473. The molecule has 16 heavy (non-hydrogen) atoms. The molecule has 2 N–H and O–H groups in total. The molecule has 0 aliphatic rings. The van der Waals surface area contributed by atoms with Crippen LogP contribution in [0, 0.1) is 0 Å². The van der Waals surface area contributed by atoms with Crippen molar-refractivity contribution in [3.8, 4) is 0 Å². The van der Waals surface area contributed by atoms with Crippen molar-refractivity contribution in [2.24, 2.45) is 0 Å². The Hall–Kier alpha value is -1.56. The molecule has 1 unspecified atom stereocenters. The summed E-state index contributed by atoms with van der Waals surface area (Å²) < 4.78 is 9.18. The van der Waals surface area contributed by atoms with Gasteiger partial charge in [0.25, 0.3) is 0 Å². The number of carbonyl (C=O) groups is 2. The Kier molecular flexibility index (Phi) is 7.87. The third kappa shape index (κ3) is 6.83. The number of hydrogen-bond acceptors (Lipinski definition) is 5. The Morgan fingerprint density at radius 3 is 2.62 bits per heavy atom. The van der Waals surface area contributed by atoms with Crippen molar-refractivity contribution in [1.82, 2.24) is 10.6 Å². The summed E-state index contributed by atoms with van der Waals surface area (Å²) >= 11 is 0. The number of hydrogen-bond donors (Lipinski definition) is 2. The molecule has 0 radical (unpaired) electrons. The van der Waals surface area contributed by atoms with E-state index in [4.69, 9.17) is 4.74 Å². The molecule has 0 rings (SSSR count). The van der Waals surface area contributed by atoms with Gasteiger partial charge in [0.15, 0.2) is 0 Å². The highest BCUT2D eigenvalue weighted by atomic mass is 16.5. The molecule has 0 aliphatic carbocycles. The van der Waals surface area contributed by atoms with E-state index in [0.717, 1.165) is 0 Å². The zero-order chi connectivity index (χ0) is 12.4. The van der Waals surface area contributed by atoms with Gasteiger partial charge in [-0.25, -0.2) is 4.79 Å². The lowest BCUT2D eigenvalue weighted by Gasteiger charge is -2.11. The molecule has 6 heteroatoms. The maximum atomic E-state index is 11.4. The van der Waals surface area contributed by atoms with Gasteiger partial charge in [-0.1, -0.05) is 0 Å². The molecule has 1 amide bonds. The van der Waals surface area contributed by atoms with E-state index in [2.05, 4.69) is 15.4 Å². The first-order valence-corrected chi connectivity index (χ1v) is 4.89. The predicted molar refractivity (Wildman–Crippen MR) is 58.6 cm³/mol. The highest BCUT2D eigenvalue weighted by Crippen LogP contribution is 1.83. The molecule has 1 atom stereocenters. The normalized spacial score (nSPS) is 12.2. The monoisotopic (exact) mass is 230 g/mol. The standard InChI is InChI=1S/C10H18N2O4/c1-8(10(14)12-6-7-15-2)11-5-4-9(13)16-3/h4-5,8,11H,6-7H2,1-3H3,(H,12,14)/b5-4+. The van der Waals surface area contributed by atoms with E-state index in [0.29, 0.717) is 13.2 Å². The van der Waals surface area contributed by atoms with Crippen LogP contribution >= 0.6 is 0 Å². The molecule has 0 aromatic carbocycles. The topological polar surface area (TPSA) is 76.7 Å². The van der Waals surface area contributed by atoms with Crippen LogP contribution < -0.4 is 10.6 Å². The van der Waals surface area contributed by atoms with Gasteiger partial charge in [0, 0.05) is 25.9 Å². The number of amides is 1. The van der Waals surface area contributed by atoms with E-state index in [-0.39, 0.29) is 5.91 Å². The van der Waals surface area contributed by atoms with E-state index in [1.165, 1.54) is 19.4 Å². The average molecular weight is 230 g/mol. The van der Waals surface area contributed by atoms with Gasteiger partial charge >= 0.3 is 5.97 Å². The Balaban J connectivity index is 3.78. The number of carbonyl (C=O) groups excluding carboxylic acids is 2. The summed E-state index contributed by atoms with van der Waals surface area (Å²) in [5, 5.41) is 5.40. The molecule has 0 heterocycles. The number of esters is 1. The van der Waals surface area contributed by atoms with E-state index < -0.39 is 12.0 Å². The molecule has 0 aliphatic heterocycles. The summed E-state index contributed by atoms with van der Waals surface area (Å²) in [4.78, 5) is 22.1. The Morgan fingerprint density at radius 2 is 2.06 bits per heavy atom. The quantitative estimate of drug-likeness (QED) is 0.347. The Bertz CT molecular complexity index is 253. The third-order valence-corrected chi connectivity index (χ3v) is 1.77. The lowest BCUT2D eigenvalue weighted by atomic mass is 10.3. The SMILES string of the molecule is COCCNC(=O)C(C)N/C=C/C(=O)OC. The molecular formula is C10H18N2O4. The van der Waals surface area contributed by atoms with Crippen LogP contribution in [0.5, 0.6) is 0 Å². The van der Waals surface area contributed by atoms with Crippen molar-refractivity contribution in [2.45, 2.75) is 13.0 Å². The highest BCUT2D eigenvalue weighted by Gasteiger charge is 2.09. The predicted octanol–water partition coefficient (Wildman–Crippen LogP) is -0.586. The van der Waals surface area contributed by atoms with Gasteiger partial charge in [-0.05, 0) is 6.92 Å². The van der Waals surface area contributed by atoms with E-state index in [9.17, 15) is 9.59 Å². The molecule has 0 aromatic heterocycles. The van der Waals surface area contributed by atoms with Crippen LogP contribution in [-0.4, -0.2) is 45.3 Å². The maximum Gasteiger partial charge on any atom is 0.331 e. The van der Waals surface area contributed by atoms with Crippen LogP contribution in [-0.2, 0) is 19.1 Å². The minimum absolute atomic E-state index is 0.161. The molecule has 0 saturated heterocycles. The van der Waals surface area contributed by atoms with Gasteiger partial charge in [0.2, 0.25) is 5.91 Å². The second-order valence-corrected chi connectivity index (χ2v) is 3.03. The maximum absolute atomic E-state index is 11.4. The Morgan fingerprint density at radius 1 is 1.38 bits per heavy atom. The van der Waals surface area contributed by atoms with Crippen molar-refractivity contribution < 1.29 is 19.1 Å². The molecule has 0 saturated carbocycles. The van der Waals surface area contributed by atoms with Gasteiger partial charge in [-0.15, -0.1) is 0 Å². The summed E-state index contributed by atoms with van der Waals surface area (Å²) in [6, 6.07) is -0.419. The Labute approximate surface area is 95.0 Å². The smallest absolute Gasteiger partial charge is 0.331 e. The van der Waals surface area contributed by atoms with E-state index in [1.54, 1.807) is 14.0 Å². The van der Waals surface area contributed by atoms with Crippen LogP contribution in [0.4, 0.5) is 0 Å². The minimum Gasteiger partial charge on any atom is -0.466 e. The zero-order valence-corrected chi connectivity index (χ0v) is 9.78. The fourth-order valence-electron chi connectivity index (χ4n) is 0.834. The first-order valence-electron chi connectivity index (χ1n) is 4.89. The number of rotatable bonds is 7. The van der Waals surface area contributed by atoms with E-state index in [1.807, 2.05) is 0 Å². The first kappa shape index (κ1) is 14.4. The van der Waals surface area contributed by atoms with Crippen molar-refractivity contribution in [3.63, 3.8) is 0 Å². The number of methoxy groups -OCH3 is 2. The molecule has 0 spiro atoms. The van der Waals surface area contributed by atoms with Crippen LogP contribution in [0.2, 0.25) is 0 Å². The van der Waals surface area contributed by atoms with Gasteiger partial charge in [0.1, 0.15) is 6.04 Å². The fraction of sp³-hybridized carbons (Fsp3) is 0.600. The molecule has 0 aromatic rings. The number of nitrogens with one attached hydrogen (secondary N) is 2. The van der Waals surface area contributed by atoms with Gasteiger partial charge < -0.3 is 20.1 Å². The molecule has 6 nitrogen and oxygen atoms in total. The third-order valence-electron chi connectivity index (χ3n) is 1.77. The summed E-state index contributed by atoms with van der Waals surface area (Å²) in [6.45, 7) is 2.61. The van der Waals surface area contributed by atoms with Gasteiger partial charge in [0.05, 0.1) is 13.7 Å². The summed E-state index contributed by atoms with van der Waals surface area (Å²) in [5.41, 5.74) is 0. The second kappa shape index (κ2) is 8.72. The van der Waals surface area contributed by atoms with E-state index >= 15 is 0 Å². The molecule has 0 fully saturated rings. The summed E-state index contributed by atoms with van der Waals surface area (Å²) in [6.07, 6.45) is 2.59. The largest absolute Gasteiger partial charge is 0.466 e. The van der Waals surface area contributed by atoms with Crippen LogP contribution in [0.15, 0.2) is 12.3 Å². The lowest BCUT2D eigenvalue weighted by Crippen LogP contribution is -2.41. The molecule has 92 valence electrons. The van der Waals surface area contributed by atoms with Crippen molar-refractivity contribution in [2.75, 3.05) is 27.4 Å². The van der Waals surface area contributed by atoms with Crippen LogP contribution in [0.1, 0.15) is 6.92 Å².